The van der Waals surface area contributed by atoms with Gasteiger partial charge in [0.1, 0.15) is 11.5 Å². The zero-order valence-corrected chi connectivity index (χ0v) is 9.50. The molecule has 0 amide bonds. The molecule has 0 unspecified atom stereocenters. The maximum Gasteiger partial charge on any atom is 0.128 e. The summed E-state index contributed by atoms with van der Waals surface area (Å²) in [4.78, 5) is 0. The summed E-state index contributed by atoms with van der Waals surface area (Å²) in [5, 5.41) is 11.9. The van der Waals surface area contributed by atoms with Crippen LogP contribution in [0.2, 0.25) is 0 Å². The van der Waals surface area contributed by atoms with Gasteiger partial charge in [0.15, 0.2) is 0 Å². The third-order valence-corrected chi connectivity index (χ3v) is 2.38. The van der Waals surface area contributed by atoms with E-state index in [0.29, 0.717) is 5.71 Å². The summed E-state index contributed by atoms with van der Waals surface area (Å²) in [5.41, 5.74) is 1.39. The zero-order chi connectivity index (χ0) is 12.1. The number of rotatable bonds is 3. The van der Waals surface area contributed by atoms with E-state index in [1.165, 1.54) is 0 Å². The first kappa shape index (κ1) is 11.2. The highest BCUT2D eigenvalue weighted by atomic mass is 16.5. The number of benzene rings is 2. The maximum atomic E-state index is 8.72. The van der Waals surface area contributed by atoms with Crippen molar-refractivity contribution in [1.82, 2.24) is 0 Å². The third-order valence-electron chi connectivity index (χ3n) is 2.38. The number of oxime groups is 1. The Kier molecular flexibility index (Phi) is 3.40. The third kappa shape index (κ3) is 2.84. The minimum Gasteiger partial charge on any atom is -0.457 e. The van der Waals surface area contributed by atoms with E-state index >= 15 is 0 Å². The molecule has 0 bridgehead atoms. The molecule has 0 radical (unpaired) electrons. The Morgan fingerprint density at radius 3 is 2.41 bits per heavy atom. The molecule has 0 spiro atoms. The Labute approximate surface area is 100.0 Å². The summed E-state index contributed by atoms with van der Waals surface area (Å²) < 4.78 is 5.68. The largest absolute Gasteiger partial charge is 0.457 e. The van der Waals surface area contributed by atoms with Crippen LogP contribution in [0.25, 0.3) is 0 Å². The van der Waals surface area contributed by atoms with Gasteiger partial charge in [-0.2, -0.15) is 0 Å². The molecule has 0 saturated heterocycles. The quantitative estimate of drug-likeness (QED) is 0.493. The van der Waals surface area contributed by atoms with E-state index in [0.717, 1.165) is 17.1 Å². The molecule has 0 heterocycles. The van der Waals surface area contributed by atoms with Crippen molar-refractivity contribution in [3.63, 3.8) is 0 Å². The lowest BCUT2D eigenvalue weighted by Crippen LogP contribution is -1.94. The first-order chi connectivity index (χ1) is 8.29. The van der Waals surface area contributed by atoms with Gasteiger partial charge in [-0.25, -0.2) is 0 Å². The molecule has 0 fully saturated rings. The van der Waals surface area contributed by atoms with Crippen molar-refractivity contribution in [2.24, 2.45) is 5.16 Å². The van der Waals surface area contributed by atoms with Crippen molar-refractivity contribution in [2.45, 2.75) is 6.92 Å². The topological polar surface area (TPSA) is 41.8 Å². The second-order valence-electron chi connectivity index (χ2n) is 3.63. The fourth-order valence-corrected chi connectivity index (χ4v) is 1.47. The van der Waals surface area contributed by atoms with Gasteiger partial charge in [0.2, 0.25) is 0 Å². The molecule has 2 aromatic rings. The van der Waals surface area contributed by atoms with E-state index in [1.807, 2.05) is 54.6 Å². The van der Waals surface area contributed by atoms with Gasteiger partial charge in [-0.1, -0.05) is 35.5 Å². The second-order valence-corrected chi connectivity index (χ2v) is 3.63. The van der Waals surface area contributed by atoms with Crippen molar-refractivity contribution < 1.29 is 9.94 Å². The van der Waals surface area contributed by atoms with Crippen LogP contribution in [0.4, 0.5) is 0 Å². The predicted octanol–water partition coefficient (Wildman–Crippen LogP) is 3.68. The van der Waals surface area contributed by atoms with Gasteiger partial charge in [0.05, 0.1) is 5.71 Å². The molecule has 0 aliphatic carbocycles. The van der Waals surface area contributed by atoms with Gasteiger partial charge in [-0.3, -0.25) is 0 Å². The maximum absolute atomic E-state index is 8.72. The predicted molar refractivity (Wildman–Crippen MR) is 67.0 cm³/mol. The van der Waals surface area contributed by atoms with Gasteiger partial charge in [0.25, 0.3) is 0 Å². The van der Waals surface area contributed by atoms with E-state index in [9.17, 15) is 0 Å². The van der Waals surface area contributed by atoms with Crippen molar-refractivity contribution in [2.75, 3.05) is 0 Å². The van der Waals surface area contributed by atoms with Crippen molar-refractivity contribution in [3.05, 3.63) is 60.2 Å². The molecule has 2 rings (SSSR count). The molecular weight excluding hydrogens is 214 g/mol. The Bertz CT molecular complexity index is 521. The minimum absolute atomic E-state index is 0.559. The summed E-state index contributed by atoms with van der Waals surface area (Å²) in [6.07, 6.45) is 0. The summed E-state index contributed by atoms with van der Waals surface area (Å²) in [6, 6.07) is 17.0. The smallest absolute Gasteiger partial charge is 0.128 e. The van der Waals surface area contributed by atoms with Gasteiger partial charge in [-0.15, -0.1) is 0 Å². The Balaban J connectivity index is 2.23. The van der Waals surface area contributed by atoms with Crippen LogP contribution in [-0.4, -0.2) is 10.9 Å². The SMILES string of the molecule is C/C(=N\O)c1cccc(Oc2ccccc2)c1. The molecular formula is C14H13NO2. The molecule has 1 N–H and O–H groups in total. The van der Waals surface area contributed by atoms with Crippen LogP contribution in [-0.2, 0) is 0 Å². The number of ether oxygens (including phenoxy) is 1. The molecule has 3 nitrogen and oxygen atoms in total. The van der Waals surface area contributed by atoms with Crippen LogP contribution >= 0.6 is 0 Å². The fraction of sp³-hybridized carbons (Fsp3) is 0.0714. The zero-order valence-electron chi connectivity index (χ0n) is 9.50. The van der Waals surface area contributed by atoms with Crippen LogP contribution < -0.4 is 4.74 Å². The summed E-state index contributed by atoms with van der Waals surface area (Å²) in [6.45, 7) is 1.74. The number of para-hydroxylation sites is 1. The first-order valence-corrected chi connectivity index (χ1v) is 5.31. The second kappa shape index (κ2) is 5.16. The molecule has 17 heavy (non-hydrogen) atoms. The van der Waals surface area contributed by atoms with Crippen LogP contribution in [0, 0.1) is 0 Å². The minimum atomic E-state index is 0.559. The highest BCUT2D eigenvalue weighted by Crippen LogP contribution is 2.21. The number of nitrogens with zero attached hydrogens (tertiary/aromatic N) is 1. The van der Waals surface area contributed by atoms with Gasteiger partial charge < -0.3 is 9.94 Å². The van der Waals surface area contributed by atoms with E-state index in [1.54, 1.807) is 6.92 Å². The van der Waals surface area contributed by atoms with E-state index in [4.69, 9.17) is 9.94 Å². The molecule has 86 valence electrons. The normalized spacial score (nSPS) is 11.2. The molecule has 0 aliphatic heterocycles. The van der Waals surface area contributed by atoms with E-state index < -0.39 is 0 Å². The van der Waals surface area contributed by atoms with Gasteiger partial charge >= 0.3 is 0 Å². The number of hydrogen-bond donors (Lipinski definition) is 1. The highest BCUT2D eigenvalue weighted by Gasteiger charge is 2.01. The van der Waals surface area contributed by atoms with E-state index in [2.05, 4.69) is 5.16 Å². The lowest BCUT2D eigenvalue weighted by molar-refractivity contribution is 0.319. The standard InChI is InChI=1S/C14H13NO2/c1-11(15-16)12-6-5-9-14(10-12)17-13-7-3-2-4-8-13/h2-10,16H,1H3/b15-11+. The Hall–Kier alpha value is -2.29. The summed E-state index contributed by atoms with van der Waals surface area (Å²) in [5.74, 6) is 1.50. The summed E-state index contributed by atoms with van der Waals surface area (Å²) in [7, 11) is 0. The van der Waals surface area contributed by atoms with Crippen molar-refractivity contribution in [3.8, 4) is 11.5 Å². The molecule has 3 heteroatoms. The van der Waals surface area contributed by atoms with Crippen molar-refractivity contribution >= 4 is 5.71 Å². The van der Waals surface area contributed by atoms with Crippen LogP contribution in [0.1, 0.15) is 12.5 Å². The van der Waals surface area contributed by atoms with E-state index in [-0.39, 0.29) is 0 Å². The van der Waals surface area contributed by atoms with Crippen LogP contribution in [0.5, 0.6) is 11.5 Å². The molecule has 0 aliphatic rings. The molecule has 2 aromatic carbocycles. The number of hydrogen-bond acceptors (Lipinski definition) is 3. The highest BCUT2D eigenvalue weighted by molar-refractivity contribution is 5.98. The lowest BCUT2D eigenvalue weighted by atomic mass is 10.1. The lowest BCUT2D eigenvalue weighted by Gasteiger charge is -2.06. The Morgan fingerprint density at radius 2 is 1.71 bits per heavy atom. The van der Waals surface area contributed by atoms with Crippen LogP contribution in [0.3, 0.4) is 0 Å². The monoisotopic (exact) mass is 227 g/mol. The van der Waals surface area contributed by atoms with Gasteiger partial charge in [0, 0.05) is 5.56 Å². The van der Waals surface area contributed by atoms with Gasteiger partial charge in [-0.05, 0) is 31.2 Å². The summed E-state index contributed by atoms with van der Waals surface area (Å²) >= 11 is 0. The average Bonchev–Trinajstić information content (AvgIpc) is 2.39. The molecule has 0 saturated carbocycles. The van der Waals surface area contributed by atoms with Crippen LogP contribution in [0.15, 0.2) is 59.8 Å². The molecule has 0 atom stereocenters. The average molecular weight is 227 g/mol. The first-order valence-electron chi connectivity index (χ1n) is 5.31. The Morgan fingerprint density at radius 1 is 1.00 bits per heavy atom. The van der Waals surface area contributed by atoms with Crippen molar-refractivity contribution in [1.29, 1.82) is 0 Å². The fourth-order valence-electron chi connectivity index (χ4n) is 1.47. The molecule has 0 aromatic heterocycles.